The van der Waals surface area contributed by atoms with E-state index < -0.39 is 0 Å². The van der Waals surface area contributed by atoms with Gasteiger partial charge in [-0.2, -0.15) is 0 Å². The molecule has 20 heavy (non-hydrogen) atoms. The number of hydrogen-bond donors (Lipinski definition) is 2. The highest BCUT2D eigenvalue weighted by atomic mass is 16.5. The molecule has 0 radical (unpaired) electrons. The maximum absolute atomic E-state index is 8.70. The molecular weight excluding hydrogens is 254 g/mol. The first-order chi connectivity index (χ1) is 9.69. The number of phenolic OH excluding ortho intramolecular Hbond substituents is 1. The lowest BCUT2D eigenvalue weighted by atomic mass is 10.2. The molecule has 102 valence electrons. The lowest BCUT2D eigenvalue weighted by molar-refractivity contribution is 0.415. The monoisotopic (exact) mass is 269 g/mol. The minimum Gasteiger partial charge on any atom is -0.508 e. The van der Waals surface area contributed by atoms with E-state index in [0.29, 0.717) is 5.69 Å². The van der Waals surface area contributed by atoms with Crippen LogP contribution >= 0.6 is 0 Å². The average molecular weight is 269 g/mol. The van der Waals surface area contributed by atoms with E-state index in [2.05, 4.69) is 9.97 Å². The largest absolute Gasteiger partial charge is 0.508 e. The molecular formula is C15H15N3O2. The standard InChI is InChI=1S/C9H8N2O.C6H7NO/c1-12-8-2-3-9-7(4-8)5-10-6-11-9;7-5-1-3-6(8)4-2-5/h2-6H,1H3;1-4,8H,7H2. The molecule has 3 aromatic rings. The quantitative estimate of drug-likeness (QED) is 0.524. The summed E-state index contributed by atoms with van der Waals surface area (Å²) >= 11 is 0. The maximum atomic E-state index is 8.70. The molecule has 5 nitrogen and oxygen atoms in total. The van der Waals surface area contributed by atoms with Crippen LogP contribution in [0.25, 0.3) is 10.9 Å². The van der Waals surface area contributed by atoms with E-state index in [-0.39, 0.29) is 5.75 Å². The fraction of sp³-hybridized carbons (Fsp3) is 0.0667. The van der Waals surface area contributed by atoms with Crippen molar-refractivity contribution in [2.24, 2.45) is 0 Å². The number of ether oxygens (including phenoxy) is 1. The predicted octanol–water partition coefficient (Wildman–Crippen LogP) is 2.61. The summed E-state index contributed by atoms with van der Waals surface area (Å²) in [5, 5.41) is 9.70. The van der Waals surface area contributed by atoms with Gasteiger partial charge in [0.25, 0.3) is 0 Å². The second-order valence-electron chi connectivity index (χ2n) is 4.04. The van der Waals surface area contributed by atoms with Crippen LogP contribution < -0.4 is 10.5 Å². The van der Waals surface area contributed by atoms with Gasteiger partial charge in [0.05, 0.1) is 12.6 Å². The number of nitrogens with two attached hydrogens (primary N) is 1. The number of anilines is 1. The second kappa shape index (κ2) is 6.38. The first-order valence-corrected chi connectivity index (χ1v) is 5.97. The number of nitrogen functional groups attached to an aromatic ring is 1. The van der Waals surface area contributed by atoms with Gasteiger partial charge in [0, 0.05) is 17.3 Å². The molecule has 0 aliphatic rings. The van der Waals surface area contributed by atoms with Crippen LogP contribution in [0.2, 0.25) is 0 Å². The summed E-state index contributed by atoms with van der Waals surface area (Å²) < 4.78 is 5.07. The molecule has 1 aromatic heterocycles. The maximum Gasteiger partial charge on any atom is 0.119 e. The van der Waals surface area contributed by atoms with E-state index in [1.54, 1.807) is 37.6 Å². The molecule has 2 aromatic carbocycles. The van der Waals surface area contributed by atoms with Crippen LogP contribution in [0, 0.1) is 0 Å². The van der Waals surface area contributed by atoms with Crippen molar-refractivity contribution < 1.29 is 9.84 Å². The predicted molar refractivity (Wildman–Crippen MR) is 78.6 cm³/mol. The number of nitrogens with zero attached hydrogens (tertiary/aromatic N) is 2. The van der Waals surface area contributed by atoms with Crippen LogP contribution in [-0.2, 0) is 0 Å². The highest BCUT2D eigenvalue weighted by molar-refractivity contribution is 5.78. The normalized spacial score (nSPS) is 9.65. The minimum absolute atomic E-state index is 0.249. The molecule has 3 N–H and O–H groups in total. The fourth-order valence-electron chi connectivity index (χ4n) is 1.56. The van der Waals surface area contributed by atoms with E-state index in [1.165, 1.54) is 6.33 Å². The number of fused-ring (bicyclic) bond motifs is 1. The molecule has 0 saturated carbocycles. The SMILES string of the molecule is COc1ccc2ncncc2c1.Nc1ccc(O)cc1. The van der Waals surface area contributed by atoms with Crippen LogP contribution in [0.5, 0.6) is 11.5 Å². The number of phenols is 1. The van der Waals surface area contributed by atoms with Crippen LogP contribution in [-0.4, -0.2) is 22.2 Å². The third-order valence-corrected chi connectivity index (χ3v) is 2.60. The molecule has 0 atom stereocenters. The summed E-state index contributed by atoms with van der Waals surface area (Å²) in [5.74, 6) is 1.08. The third kappa shape index (κ3) is 3.58. The molecule has 0 aliphatic carbocycles. The zero-order valence-corrected chi connectivity index (χ0v) is 11.0. The Morgan fingerprint density at radius 3 is 2.50 bits per heavy atom. The van der Waals surface area contributed by atoms with E-state index in [4.69, 9.17) is 15.6 Å². The molecule has 3 rings (SSSR count). The van der Waals surface area contributed by atoms with Crippen molar-refractivity contribution in [3.05, 3.63) is 55.0 Å². The topological polar surface area (TPSA) is 81.3 Å². The molecule has 0 unspecified atom stereocenters. The van der Waals surface area contributed by atoms with Crippen molar-refractivity contribution in [3.8, 4) is 11.5 Å². The number of aromatic nitrogens is 2. The Bertz CT molecular complexity index is 663. The Labute approximate surface area is 116 Å². The van der Waals surface area contributed by atoms with Gasteiger partial charge in [-0.1, -0.05) is 0 Å². The fourth-order valence-corrected chi connectivity index (χ4v) is 1.56. The molecule has 0 saturated heterocycles. The van der Waals surface area contributed by atoms with Crippen molar-refractivity contribution >= 4 is 16.6 Å². The molecule has 0 fully saturated rings. The number of methoxy groups -OCH3 is 1. The van der Waals surface area contributed by atoms with E-state index in [1.807, 2.05) is 18.2 Å². The first-order valence-electron chi connectivity index (χ1n) is 5.97. The van der Waals surface area contributed by atoms with Gasteiger partial charge in [-0.25, -0.2) is 9.97 Å². The first kappa shape index (κ1) is 13.6. The molecule has 5 heteroatoms. The Morgan fingerprint density at radius 2 is 1.85 bits per heavy atom. The highest BCUT2D eigenvalue weighted by Crippen LogP contribution is 2.17. The van der Waals surface area contributed by atoms with Crippen molar-refractivity contribution in [1.29, 1.82) is 0 Å². The smallest absolute Gasteiger partial charge is 0.119 e. The van der Waals surface area contributed by atoms with Crippen molar-refractivity contribution in [2.75, 3.05) is 12.8 Å². The third-order valence-electron chi connectivity index (χ3n) is 2.60. The zero-order chi connectivity index (χ0) is 14.4. The van der Waals surface area contributed by atoms with Crippen LogP contribution in [0.3, 0.4) is 0 Å². The van der Waals surface area contributed by atoms with Crippen LogP contribution in [0.4, 0.5) is 5.69 Å². The number of aromatic hydroxyl groups is 1. The number of benzene rings is 2. The van der Waals surface area contributed by atoms with Gasteiger partial charge < -0.3 is 15.6 Å². The van der Waals surface area contributed by atoms with Gasteiger partial charge in [0.2, 0.25) is 0 Å². The summed E-state index contributed by atoms with van der Waals surface area (Å²) in [5.41, 5.74) is 6.92. The van der Waals surface area contributed by atoms with E-state index in [0.717, 1.165) is 16.7 Å². The molecule has 0 amide bonds. The summed E-state index contributed by atoms with van der Waals surface area (Å²) in [6.07, 6.45) is 3.31. The van der Waals surface area contributed by atoms with Crippen LogP contribution in [0.1, 0.15) is 0 Å². The minimum atomic E-state index is 0.249. The average Bonchev–Trinajstić information content (AvgIpc) is 2.50. The summed E-state index contributed by atoms with van der Waals surface area (Å²) in [6, 6.07) is 12.1. The Hall–Kier alpha value is -2.82. The lowest BCUT2D eigenvalue weighted by Gasteiger charge is -1.99. The molecule has 0 bridgehead atoms. The van der Waals surface area contributed by atoms with E-state index >= 15 is 0 Å². The van der Waals surface area contributed by atoms with Crippen molar-refractivity contribution in [1.82, 2.24) is 9.97 Å². The van der Waals surface area contributed by atoms with Gasteiger partial charge >= 0.3 is 0 Å². The summed E-state index contributed by atoms with van der Waals surface area (Å²) in [7, 11) is 1.64. The Morgan fingerprint density at radius 1 is 1.10 bits per heavy atom. The van der Waals surface area contributed by atoms with Crippen molar-refractivity contribution in [2.45, 2.75) is 0 Å². The Kier molecular flexibility index (Phi) is 4.34. The molecule has 0 spiro atoms. The number of rotatable bonds is 1. The zero-order valence-electron chi connectivity index (χ0n) is 11.0. The van der Waals surface area contributed by atoms with Gasteiger partial charge in [-0.05, 0) is 42.5 Å². The summed E-state index contributed by atoms with van der Waals surface area (Å²) in [6.45, 7) is 0. The van der Waals surface area contributed by atoms with Gasteiger partial charge in [0.1, 0.15) is 17.8 Å². The van der Waals surface area contributed by atoms with Gasteiger partial charge in [-0.15, -0.1) is 0 Å². The van der Waals surface area contributed by atoms with Crippen molar-refractivity contribution in [3.63, 3.8) is 0 Å². The van der Waals surface area contributed by atoms with Gasteiger partial charge in [-0.3, -0.25) is 0 Å². The highest BCUT2D eigenvalue weighted by Gasteiger charge is 1.95. The molecule has 0 aliphatic heterocycles. The lowest BCUT2D eigenvalue weighted by Crippen LogP contribution is -1.84. The van der Waals surface area contributed by atoms with Gasteiger partial charge in [0.15, 0.2) is 0 Å². The van der Waals surface area contributed by atoms with E-state index in [9.17, 15) is 0 Å². The molecule has 1 heterocycles. The Balaban J connectivity index is 0.000000160. The number of hydrogen-bond acceptors (Lipinski definition) is 5. The summed E-state index contributed by atoms with van der Waals surface area (Å²) in [4.78, 5) is 8.01. The second-order valence-corrected chi connectivity index (χ2v) is 4.04. The van der Waals surface area contributed by atoms with Crippen LogP contribution in [0.15, 0.2) is 55.0 Å².